The minimum atomic E-state index is 0.227. The van der Waals surface area contributed by atoms with Gasteiger partial charge in [-0.05, 0) is 6.92 Å². The third-order valence-electron chi connectivity index (χ3n) is 1.23. The van der Waals surface area contributed by atoms with Crippen LogP contribution in [0.2, 0.25) is 0 Å². The number of thiol groups is 1. The molecule has 2 nitrogen and oxygen atoms in total. The van der Waals surface area contributed by atoms with Crippen LogP contribution >= 0.6 is 12.6 Å². The molecule has 50 valence electrons. The summed E-state index contributed by atoms with van der Waals surface area (Å²) in [7, 11) is 1.97. The summed E-state index contributed by atoms with van der Waals surface area (Å²) in [5.74, 6) is 1.01. The van der Waals surface area contributed by atoms with Gasteiger partial charge >= 0.3 is 0 Å². The van der Waals surface area contributed by atoms with Gasteiger partial charge in [-0.15, -0.1) is 0 Å². The molecule has 0 N–H and O–H groups in total. The SMILES string of the molecule is CC(S)c1nccn1C. The molecule has 0 aliphatic heterocycles. The zero-order chi connectivity index (χ0) is 6.85. The van der Waals surface area contributed by atoms with E-state index in [2.05, 4.69) is 17.6 Å². The number of rotatable bonds is 1. The molecule has 1 aromatic heterocycles. The summed E-state index contributed by atoms with van der Waals surface area (Å²) in [5, 5.41) is 0.227. The van der Waals surface area contributed by atoms with Crippen LogP contribution in [0.4, 0.5) is 0 Å². The number of nitrogens with zero attached hydrogens (tertiary/aromatic N) is 2. The molecule has 0 amide bonds. The molecule has 0 aliphatic carbocycles. The van der Waals surface area contributed by atoms with Gasteiger partial charge in [0.2, 0.25) is 0 Å². The first kappa shape index (κ1) is 6.68. The third-order valence-corrected chi connectivity index (χ3v) is 1.46. The lowest BCUT2D eigenvalue weighted by Crippen LogP contribution is -1.96. The molecule has 9 heavy (non-hydrogen) atoms. The molecule has 1 aromatic rings. The molecule has 3 heteroatoms. The highest BCUT2D eigenvalue weighted by atomic mass is 32.1. The molecule has 0 aromatic carbocycles. The van der Waals surface area contributed by atoms with Gasteiger partial charge in [0.25, 0.3) is 0 Å². The maximum absolute atomic E-state index is 4.24. The highest BCUT2D eigenvalue weighted by Crippen LogP contribution is 2.14. The van der Waals surface area contributed by atoms with E-state index in [1.807, 2.05) is 24.7 Å². The second-order valence-corrected chi connectivity index (χ2v) is 2.85. The molecular weight excluding hydrogens is 132 g/mol. The molecule has 0 bridgehead atoms. The first-order valence-electron chi connectivity index (χ1n) is 2.87. The molecule has 1 unspecified atom stereocenters. The Kier molecular flexibility index (Phi) is 1.81. The topological polar surface area (TPSA) is 17.8 Å². The third kappa shape index (κ3) is 1.27. The van der Waals surface area contributed by atoms with Crippen molar-refractivity contribution in [2.75, 3.05) is 0 Å². The average Bonchev–Trinajstić information content (AvgIpc) is 2.13. The highest BCUT2D eigenvalue weighted by molar-refractivity contribution is 7.80. The van der Waals surface area contributed by atoms with Gasteiger partial charge in [-0.2, -0.15) is 12.6 Å². The summed E-state index contributed by atoms with van der Waals surface area (Å²) >= 11 is 4.24. The Balaban J connectivity index is 2.94. The van der Waals surface area contributed by atoms with Crippen molar-refractivity contribution in [2.24, 2.45) is 7.05 Å². The van der Waals surface area contributed by atoms with Gasteiger partial charge < -0.3 is 4.57 Å². The standard InChI is InChI=1S/C6H10N2S/c1-5(9)6-7-3-4-8(6)2/h3-5,9H,1-2H3. The van der Waals surface area contributed by atoms with Gasteiger partial charge in [-0.1, -0.05) is 0 Å². The molecule has 1 rings (SSSR count). The van der Waals surface area contributed by atoms with Gasteiger partial charge in [-0.25, -0.2) is 4.98 Å². The number of aryl methyl sites for hydroxylation is 1. The van der Waals surface area contributed by atoms with E-state index in [0.29, 0.717) is 0 Å². The number of imidazole rings is 1. The Bertz CT molecular complexity index is 193. The molecule has 1 atom stereocenters. The van der Waals surface area contributed by atoms with E-state index in [0.717, 1.165) is 5.82 Å². The van der Waals surface area contributed by atoms with Crippen LogP contribution in [0.3, 0.4) is 0 Å². The molecule has 0 aliphatic rings. The predicted molar refractivity (Wildman–Crippen MR) is 40.6 cm³/mol. The highest BCUT2D eigenvalue weighted by Gasteiger charge is 2.02. The monoisotopic (exact) mass is 142 g/mol. The summed E-state index contributed by atoms with van der Waals surface area (Å²) < 4.78 is 1.97. The van der Waals surface area contributed by atoms with Crippen molar-refractivity contribution in [2.45, 2.75) is 12.2 Å². The summed E-state index contributed by atoms with van der Waals surface area (Å²) in [6.07, 6.45) is 3.70. The van der Waals surface area contributed by atoms with E-state index in [4.69, 9.17) is 0 Å². The normalized spacial score (nSPS) is 13.7. The smallest absolute Gasteiger partial charge is 0.120 e. The number of aromatic nitrogens is 2. The van der Waals surface area contributed by atoms with Crippen LogP contribution in [0.25, 0.3) is 0 Å². The summed E-state index contributed by atoms with van der Waals surface area (Å²) in [6, 6.07) is 0. The van der Waals surface area contributed by atoms with Crippen LogP contribution in [0.1, 0.15) is 18.0 Å². The van der Waals surface area contributed by atoms with Gasteiger partial charge in [0.05, 0.1) is 5.25 Å². The van der Waals surface area contributed by atoms with Gasteiger partial charge in [0.1, 0.15) is 5.82 Å². The van der Waals surface area contributed by atoms with Crippen LogP contribution in [0.15, 0.2) is 12.4 Å². The molecule has 0 fully saturated rings. The Hall–Kier alpha value is -0.440. The van der Waals surface area contributed by atoms with Gasteiger partial charge in [-0.3, -0.25) is 0 Å². The van der Waals surface area contributed by atoms with E-state index in [9.17, 15) is 0 Å². The molecule has 0 radical (unpaired) electrons. The largest absolute Gasteiger partial charge is 0.337 e. The van der Waals surface area contributed by atoms with Gasteiger partial charge in [0, 0.05) is 19.4 Å². The zero-order valence-electron chi connectivity index (χ0n) is 5.57. The van der Waals surface area contributed by atoms with Crippen molar-refractivity contribution in [1.29, 1.82) is 0 Å². The average molecular weight is 142 g/mol. The molecule has 0 spiro atoms. The van der Waals surface area contributed by atoms with Crippen molar-refractivity contribution in [3.8, 4) is 0 Å². The fraction of sp³-hybridized carbons (Fsp3) is 0.500. The Morgan fingerprint density at radius 1 is 1.78 bits per heavy atom. The number of hydrogen-bond donors (Lipinski definition) is 1. The van der Waals surface area contributed by atoms with Crippen LogP contribution < -0.4 is 0 Å². The quantitative estimate of drug-likeness (QED) is 0.587. The molecule has 0 saturated heterocycles. The lowest BCUT2D eigenvalue weighted by Gasteiger charge is -2.01. The summed E-state index contributed by atoms with van der Waals surface area (Å²) in [4.78, 5) is 4.10. The second kappa shape index (κ2) is 2.43. The Morgan fingerprint density at radius 3 is 2.67 bits per heavy atom. The fourth-order valence-corrected chi connectivity index (χ4v) is 1.03. The van der Waals surface area contributed by atoms with Gasteiger partial charge in [0.15, 0.2) is 0 Å². The first-order valence-corrected chi connectivity index (χ1v) is 3.38. The van der Waals surface area contributed by atoms with E-state index in [1.54, 1.807) is 6.20 Å². The van der Waals surface area contributed by atoms with Crippen LogP contribution in [-0.4, -0.2) is 9.55 Å². The molecule has 1 heterocycles. The van der Waals surface area contributed by atoms with Crippen molar-refractivity contribution in [1.82, 2.24) is 9.55 Å². The maximum Gasteiger partial charge on any atom is 0.120 e. The van der Waals surface area contributed by atoms with Crippen molar-refractivity contribution < 1.29 is 0 Å². The minimum absolute atomic E-state index is 0.227. The zero-order valence-corrected chi connectivity index (χ0v) is 6.47. The van der Waals surface area contributed by atoms with E-state index in [1.165, 1.54) is 0 Å². The Morgan fingerprint density at radius 2 is 2.44 bits per heavy atom. The lowest BCUT2D eigenvalue weighted by molar-refractivity contribution is 0.800. The van der Waals surface area contributed by atoms with Crippen LogP contribution in [-0.2, 0) is 7.05 Å². The summed E-state index contributed by atoms with van der Waals surface area (Å²) in [6.45, 7) is 2.01. The van der Waals surface area contributed by atoms with Crippen LogP contribution in [0, 0.1) is 0 Å². The van der Waals surface area contributed by atoms with Crippen LogP contribution in [0.5, 0.6) is 0 Å². The van der Waals surface area contributed by atoms with E-state index < -0.39 is 0 Å². The van der Waals surface area contributed by atoms with E-state index in [-0.39, 0.29) is 5.25 Å². The Labute approximate surface area is 60.3 Å². The fourth-order valence-electron chi connectivity index (χ4n) is 0.780. The van der Waals surface area contributed by atoms with E-state index >= 15 is 0 Å². The second-order valence-electron chi connectivity index (χ2n) is 2.07. The maximum atomic E-state index is 4.24. The van der Waals surface area contributed by atoms with Crippen molar-refractivity contribution >= 4 is 12.6 Å². The van der Waals surface area contributed by atoms with Crippen molar-refractivity contribution in [3.63, 3.8) is 0 Å². The summed E-state index contributed by atoms with van der Waals surface area (Å²) in [5.41, 5.74) is 0. The first-order chi connectivity index (χ1) is 4.22. The predicted octanol–water partition coefficient (Wildman–Crippen LogP) is 1.41. The minimum Gasteiger partial charge on any atom is -0.337 e. The molecule has 0 saturated carbocycles. The van der Waals surface area contributed by atoms with Crippen molar-refractivity contribution in [3.05, 3.63) is 18.2 Å². The number of hydrogen-bond acceptors (Lipinski definition) is 2. The lowest BCUT2D eigenvalue weighted by atomic mass is 10.4. The molecular formula is C6H10N2S.